The molecule has 0 spiro atoms. The van der Waals surface area contributed by atoms with Crippen molar-refractivity contribution in [2.45, 2.75) is 49.2 Å². The van der Waals surface area contributed by atoms with Crippen molar-refractivity contribution in [1.82, 2.24) is 14.8 Å². The molecule has 210 valence electrons. The number of aromatic nitrogens is 3. The lowest BCUT2D eigenvalue weighted by Gasteiger charge is -2.25. The number of fused-ring (bicyclic) bond motifs is 4. The summed E-state index contributed by atoms with van der Waals surface area (Å²) in [6.07, 6.45) is 6.72. The minimum atomic E-state index is -0.720. The van der Waals surface area contributed by atoms with E-state index in [2.05, 4.69) is 51.0 Å². The first-order valence-corrected chi connectivity index (χ1v) is 15.1. The van der Waals surface area contributed by atoms with Crippen LogP contribution in [-0.2, 0) is 35.5 Å². The molecule has 0 aliphatic carbocycles. The molecule has 2 aromatic carbocycles. The summed E-state index contributed by atoms with van der Waals surface area (Å²) < 4.78 is 6.84. The Hall–Kier alpha value is -3.73. The van der Waals surface area contributed by atoms with Gasteiger partial charge in [-0.2, -0.15) is 5.10 Å². The van der Waals surface area contributed by atoms with Crippen LogP contribution >= 0.6 is 22.6 Å². The number of anilines is 2. The minimum absolute atomic E-state index is 0.197. The highest BCUT2D eigenvalue weighted by molar-refractivity contribution is 14.1. The van der Waals surface area contributed by atoms with Gasteiger partial charge in [0.15, 0.2) is 5.82 Å². The fourth-order valence-electron chi connectivity index (χ4n) is 5.64. The Bertz CT molecular complexity index is 1590. The number of halogens is 1. The van der Waals surface area contributed by atoms with E-state index in [9.17, 15) is 9.59 Å². The summed E-state index contributed by atoms with van der Waals surface area (Å²) in [5, 5.41) is 7.92. The second kappa shape index (κ2) is 11.6. The lowest BCUT2D eigenvalue weighted by atomic mass is 9.95. The van der Waals surface area contributed by atoms with Crippen LogP contribution in [0.3, 0.4) is 0 Å². The summed E-state index contributed by atoms with van der Waals surface area (Å²) in [5.74, 6) is 0.222. The number of rotatable bonds is 5. The van der Waals surface area contributed by atoms with Gasteiger partial charge in [-0.05, 0) is 55.4 Å². The molecule has 1 fully saturated rings. The maximum atomic E-state index is 13.8. The number of benzene rings is 2. The summed E-state index contributed by atoms with van der Waals surface area (Å²) in [6, 6.07) is 20.0. The summed E-state index contributed by atoms with van der Waals surface area (Å²) in [5.41, 5.74) is 6.22. The van der Waals surface area contributed by atoms with E-state index in [1.165, 1.54) is 5.56 Å². The predicted molar refractivity (Wildman–Crippen MR) is 167 cm³/mol. The molecule has 4 heterocycles. The van der Waals surface area contributed by atoms with E-state index in [1.807, 2.05) is 60.3 Å². The number of carbonyl (C=O) groups is 2. The Morgan fingerprint density at radius 1 is 1.05 bits per heavy atom. The van der Waals surface area contributed by atoms with Crippen LogP contribution < -0.4 is 10.2 Å². The second-order valence-electron chi connectivity index (χ2n) is 10.6. The number of ether oxygens (including phenoxy) is 1. The number of nitrogens with one attached hydrogen (secondary N) is 1. The van der Waals surface area contributed by atoms with Crippen molar-refractivity contribution in [3.05, 3.63) is 95.4 Å². The zero-order valence-corrected chi connectivity index (χ0v) is 25.1. The van der Waals surface area contributed by atoms with Crippen molar-refractivity contribution >= 4 is 46.0 Å². The van der Waals surface area contributed by atoms with Crippen molar-refractivity contribution in [1.29, 1.82) is 0 Å². The highest BCUT2D eigenvalue weighted by Crippen LogP contribution is 2.42. The van der Waals surface area contributed by atoms with Gasteiger partial charge in [-0.25, -0.2) is 4.98 Å². The fourth-order valence-corrected chi connectivity index (χ4v) is 6.45. The summed E-state index contributed by atoms with van der Waals surface area (Å²) in [7, 11) is 0. The number of esters is 1. The average Bonchev–Trinajstić information content (AvgIpc) is 3.60. The maximum absolute atomic E-state index is 13.8. The zero-order chi connectivity index (χ0) is 28.4. The quantitative estimate of drug-likeness (QED) is 0.165. The van der Waals surface area contributed by atoms with Crippen molar-refractivity contribution in [2.75, 3.05) is 23.3 Å². The molecule has 2 aliphatic rings. The molecule has 4 aromatic rings. The van der Waals surface area contributed by atoms with E-state index in [0.717, 1.165) is 41.6 Å². The fraction of sp³-hybridized carbons (Fsp3) is 0.312. The largest absolute Gasteiger partial charge is 0.460 e. The Morgan fingerprint density at radius 2 is 1.85 bits per heavy atom. The lowest BCUT2D eigenvalue weighted by molar-refractivity contribution is -0.146. The third-order valence-corrected chi connectivity index (χ3v) is 9.16. The van der Waals surface area contributed by atoms with Gasteiger partial charge in [0.2, 0.25) is 0 Å². The third-order valence-electron chi connectivity index (χ3n) is 7.84. The Balaban J connectivity index is 1.34. The summed E-state index contributed by atoms with van der Waals surface area (Å²) in [6.45, 7) is 4.00. The zero-order valence-electron chi connectivity index (χ0n) is 23.0. The molecule has 8 nitrogen and oxygen atoms in total. The molecule has 0 saturated carbocycles. The van der Waals surface area contributed by atoms with E-state index in [1.54, 1.807) is 6.20 Å². The number of alkyl halides is 1. The first kappa shape index (κ1) is 27.4. The van der Waals surface area contributed by atoms with Gasteiger partial charge in [-0.15, -0.1) is 0 Å². The van der Waals surface area contributed by atoms with E-state index in [-0.39, 0.29) is 18.5 Å². The summed E-state index contributed by atoms with van der Waals surface area (Å²) in [4.78, 5) is 33.9. The van der Waals surface area contributed by atoms with Crippen molar-refractivity contribution in [3.8, 4) is 11.1 Å². The van der Waals surface area contributed by atoms with Gasteiger partial charge in [0.1, 0.15) is 10.0 Å². The maximum Gasteiger partial charge on any atom is 0.324 e. The molecule has 1 N–H and O–H groups in total. The highest BCUT2D eigenvalue weighted by atomic mass is 127. The van der Waals surface area contributed by atoms with Crippen molar-refractivity contribution in [3.63, 3.8) is 0 Å². The van der Waals surface area contributed by atoms with Crippen LogP contribution in [-0.4, -0.2) is 43.2 Å². The number of hydrogen-bond donors (Lipinski definition) is 1. The monoisotopic (exact) mass is 661 g/mol. The molecule has 1 amide bonds. The standard InChI is InChI=1S/C32H32IN5O3/c1-2-38-19-26-27(36-38)14-8-12-23-11-6-7-13-24(23)25-15-17-34-29(28(25)35-30(26)39)37-18-16-32(33,21-37)31(40)41-20-22-9-4-3-5-10-22/h3-7,9-11,13,15,17,19H,2,8,12,14,16,18,20-21H2,1H3,(H,35,39). The molecular formula is C32H32IN5O3. The number of aryl methyl sites for hydroxylation is 3. The lowest BCUT2D eigenvalue weighted by Crippen LogP contribution is -2.37. The number of pyridine rings is 1. The number of amides is 1. The van der Waals surface area contributed by atoms with Gasteiger partial charge < -0.3 is 15.0 Å². The van der Waals surface area contributed by atoms with Gasteiger partial charge in [0.25, 0.3) is 5.91 Å². The molecule has 9 heteroatoms. The van der Waals surface area contributed by atoms with E-state index < -0.39 is 3.42 Å². The first-order chi connectivity index (χ1) is 19.9. The average molecular weight is 662 g/mol. The van der Waals surface area contributed by atoms with Crippen LogP contribution in [0.4, 0.5) is 11.5 Å². The molecule has 0 radical (unpaired) electrons. The number of hydrogen-bond acceptors (Lipinski definition) is 6. The Kier molecular flexibility index (Phi) is 7.79. The predicted octanol–water partition coefficient (Wildman–Crippen LogP) is 5.83. The third kappa shape index (κ3) is 5.59. The van der Waals surface area contributed by atoms with E-state index in [4.69, 9.17) is 14.8 Å². The van der Waals surface area contributed by atoms with E-state index in [0.29, 0.717) is 43.1 Å². The van der Waals surface area contributed by atoms with Crippen molar-refractivity contribution < 1.29 is 14.3 Å². The highest BCUT2D eigenvalue weighted by Gasteiger charge is 2.45. The molecule has 2 aromatic heterocycles. The van der Waals surface area contributed by atoms with Crippen LogP contribution in [0.25, 0.3) is 11.1 Å². The molecule has 1 saturated heterocycles. The van der Waals surface area contributed by atoms with Gasteiger partial charge in [-0.1, -0.05) is 77.2 Å². The molecular weight excluding hydrogens is 629 g/mol. The minimum Gasteiger partial charge on any atom is -0.460 e. The van der Waals surface area contributed by atoms with Crippen LogP contribution in [0.2, 0.25) is 0 Å². The first-order valence-electron chi connectivity index (χ1n) is 14.0. The number of nitrogens with zero attached hydrogens (tertiary/aromatic N) is 4. The summed E-state index contributed by atoms with van der Waals surface area (Å²) >= 11 is 2.23. The molecule has 1 unspecified atom stereocenters. The van der Waals surface area contributed by atoms with Crippen molar-refractivity contribution in [2.24, 2.45) is 0 Å². The van der Waals surface area contributed by atoms with Gasteiger partial charge in [0.05, 0.1) is 16.9 Å². The molecule has 0 bridgehead atoms. The molecule has 41 heavy (non-hydrogen) atoms. The second-order valence-corrected chi connectivity index (χ2v) is 12.6. The van der Waals surface area contributed by atoms with Gasteiger partial charge in [0, 0.05) is 37.6 Å². The van der Waals surface area contributed by atoms with Gasteiger partial charge >= 0.3 is 5.97 Å². The molecule has 1 atom stereocenters. The Labute approximate surface area is 253 Å². The van der Waals surface area contributed by atoms with Crippen LogP contribution in [0.5, 0.6) is 0 Å². The molecule has 6 rings (SSSR count). The van der Waals surface area contributed by atoms with Gasteiger partial charge in [-0.3, -0.25) is 14.3 Å². The smallest absolute Gasteiger partial charge is 0.324 e. The number of carbonyl (C=O) groups excluding carboxylic acids is 2. The van der Waals surface area contributed by atoms with E-state index >= 15 is 0 Å². The SMILES string of the molecule is CCn1cc2c(n1)CCCc1ccccc1-c1ccnc(N3CCC(I)(C(=O)OCc4ccccc4)C3)c1NC2=O. The molecule has 2 aliphatic heterocycles. The topological polar surface area (TPSA) is 89.3 Å². The van der Waals surface area contributed by atoms with Crippen LogP contribution in [0.15, 0.2) is 73.1 Å². The van der Waals surface area contributed by atoms with Crippen LogP contribution in [0.1, 0.15) is 46.9 Å². The normalized spacial score (nSPS) is 18.5. The van der Waals surface area contributed by atoms with Crippen LogP contribution in [0, 0.1) is 0 Å². The Morgan fingerprint density at radius 3 is 2.68 bits per heavy atom.